The molecule has 8 nitrogen and oxygen atoms in total. The number of hydrogen-bond donors (Lipinski definition) is 4. The lowest BCUT2D eigenvalue weighted by Gasteiger charge is -2.05. The van der Waals surface area contributed by atoms with Crippen molar-refractivity contribution in [1.82, 2.24) is 0 Å². The van der Waals surface area contributed by atoms with Gasteiger partial charge in [-0.05, 0) is 12.1 Å². The Morgan fingerprint density at radius 1 is 0.842 bits per heavy atom. The largest absolute Gasteiger partial charge is 0.478 e. The number of aldehydes is 1. The SMILES string of the molecule is CO.O=Cc1cc(C(=O)O)c(C(=O)O)cc1C(=O)O. The second kappa shape index (κ2) is 6.87. The van der Waals surface area contributed by atoms with Crippen molar-refractivity contribution in [3.8, 4) is 0 Å². The average molecular weight is 270 g/mol. The van der Waals surface area contributed by atoms with Crippen molar-refractivity contribution in [3.63, 3.8) is 0 Å². The van der Waals surface area contributed by atoms with Gasteiger partial charge in [0.15, 0.2) is 6.29 Å². The quantitative estimate of drug-likeness (QED) is 0.567. The molecule has 0 aliphatic rings. The molecule has 0 heterocycles. The van der Waals surface area contributed by atoms with Crippen LogP contribution in [0.2, 0.25) is 0 Å². The summed E-state index contributed by atoms with van der Waals surface area (Å²) in [5.74, 6) is -4.64. The second-order valence-electron chi connectivity index (χ2n) is 3.02. The molecule has 0 unspecified atom stereocenters. The highest BCUT2D eigenvalue weighted by atomic mass is 16.4. The fraction of sp³-hybridized carbons (Fsp3) is 0.0909. The Hall–Kier alpha value is -2.74. The summed E-state index contributed by atoms with van der Waals surface area (Å²) in [7, 11) is 1.00. The zero-order valence-corrected chi connectivity index (χ0v) is 9.65. The number of carboxylic acids is 3. The zero-order valence-electron chi connectivity index (χ0n) is 9.65. The van der Waals surface area contributed by atoms with Gasteiger partial charge in [-0.1, -0.05) is 0 Å². The number of carbonyl (C=O) groups is 4. The Kier molecular flexibility index (Phi) is 5.88. The summed E-state index contributed by atoms with van der Waals surface area (Å²) in [6.45, 7) is 0. The molecule has 0 bridgehead atoms. The molecule has 0 spiro atoms. The molecule has 19 heavy (non-hydrogen) atoms. The molecular weight excluding hydrogens is 260 g/mol. The first-order chi connectivity index (χ1) is 8.88. The van der Waals surface area contributed by atoms with Crippen molar-refractivity contribution >= 4 is 24.2 Å². The number of carboxylic acid groups (broad SMARTS) is 3. The fourth-order valence-corrected chi connectivity index (χ4v) is 1.25. The van der Waals surface area contributed by atoms with Crippen LogP contribution < -0.4 is 0 Å². The van der Waals surface area contributed by atoms with Gasteiger partial charge in [0.25, 0.3) is 0 Å². The van der Waals surface area contributed by atoms with Gasteiger partial charge in [0.2, 0.25) is 0 Å². The highest BCUT2D eigenvalue weighted by Crippen LogP contribution is 2.17. The van der Waals surface area contributed by atoms with Crippen LogP contribution in [0, 0.1) is 0 Å². The Labute approximate surface area is 106 Å². The minimum absolute atomic E-state index is 0.154. The molecule has 102 valence electrons. The van der Waals surface area contributed by atoms with Crippen LogP contribution >= 0.6 is 0 Å². The minimum Gasteiger partial charge on any atom is -0.478 e. The van der Waals surface area contributed by atoms with Crippen molar-refractivity contribution in [2.75, 3.05) is 7.11 Å². The van der Waals surface area contributed by atoms with Gasteiger partial charge in [-0.15, -0.1) is 0 Å². The van der Waals surface area contributed by atoms with E-state index in [0.717, 1.165) is 13.2 Å². The van der Waals surface area contributed by atoms with Crippen LogP contribution in [0.4, 0.5) is 0 Å². The van der Waals surface area contributed by atoms with E-state index in [1.54, 1.807) is 0 Å². The molecule has 0 saturated carbocycles. The molecule has 0 saturated heterocycles. The van der Waals surface area contributed by atoms with E-state index in [9.17, 15) is 19.2 Å². The lowest BCUT2D eigenvalue weighted by Crippen LogP contribution is -2.13. The minimum atomic E-state index is -1.58. The van der Waals surface area contributed by atoms with E-state index in [0.29, 0.717) is 6.07 Å². The van der Waals surface area contributed by atoms with Crippen LogP contribution in [-0.4, -0.2) is 51.7 Å². The summed E-state index contributed by atoms with van der Waals surface area (Å²) < 4.78 is 0. The van der Waals surface area contributed by atoms with Crippen LogP contribution in [-0.2, 0) is 0 Å². The number of carbonyl (C=O) groups excluding carboxylic acids is 1. The van der Waals surface area contributed by atoms with Gasteiger partial charge in [-0.25, -0.2) is 14.4 Å². The maximum Gasteiger partial charge on any atom is 0.336 e. The Morgan fingerprint density at radius 3 is 1.53 bits per heavy atom. The third-order valence-corrected chi connectivity index (χ3v) is 2.01. The molecule has 0 radical (unpaired) electrons. The van der Waals surface area contributed by atoms with Crippen LogP contribution in [0.3, 0.4) is 0 Å². The first-order valence-electron chi connectivity index (χ1n) is 4.66. The Bertz CT molecular complexity index is 532. The van der Waals surface area contributed by atoms with E-state index in [-0.39, 0.29) is 11.8 Å². The van der Waals surface area contributed by atoms with Gasteiger partial charge in [0.05, 0.1) is 16.7 Å². The van der Waals surface area contributed by atoms with Crippen LogP contribution in [0.5, 0.6) is 0 Å². The average Bonchev–Trinajstić information content (AvgIpc) is 2.38. The maximum absolute atomic E-state index is 10.8. The molecule has 1 rings (SSSR count). The molecule has 0 aliphatic heterocycles. The van der Waals surface area contributed by atoms with Crippen molar-refractivity contribution < 1.29 is 39.6 Å². The van der Waals surface area contributed by atoms with Gasteiger partial charge >= 0.3 is 17.9 Å². The third-order valence-electron chi connectivity index (χ3n) is 2.01. The molecular formula is C11H10O8. The van der Waals surface area contributed by atoms with Crippen LogP contribution in [0.1, 0.15) is 41.4 Å². The van der Waals surface area contributed by atoms with E-state index in [2.05, 4.69) is 0 Å². The highest BCUT2D eigenvalue weighted by molar-refractivity contribution is 6.07. The molecule has 8 heteroatoms. The first-order valence-corrected chi connectivity index (χ1v) is 4.66. The van der Waals surface area contributed by atoms with Gasteiger partial charge < -0.3 is 20.4 Å². The predicted octanol–water partition coefficient (Wildman–Crippen LogP) is 0.202. The first kappa shape index (κ1) is 16.3. The molecule has 1 aromatic carbocycles. The van der Waals surface area contributed by atoms with Gasteiger partial charge in [-0.3, -0.25) is 4.79 Å². The normalized spacial score (nSPS) is 8.95. The third kappa shape index (κ3) is 3.61. The highest BCUT2D eigenvalue weighted by Gasteiger charge is 2.21. The summed E-state index contributed by atoms with van der Waals surface area (Å²) >= 11 is 0. The van der Waals surface area contributed by atoms with E-state index in [1.165, 1.54) is 0 Å². The van der Waals surface area contributed by atoms with E-state index >= 15 is 0 Å². The number of aliphatic hydroxyl groups is 1. The zero-order chi connectivity index (χ0) is 15.2. The molecule has 0 aromatic heterocycles. The van der Waals surface area contributed by atoms with E-state index in [1.807, 2.05) is 0 Å². The number of aliphatic hydroxyl groups excluding tert-OH is 1. The maximum atomic E-state index is 10.8. The van der Waals surface area contributed by atoms with E-state index in [4.69, 9.17) is 20.4 Å². The fourth-order valence-electron chi connectivity index (χ4n) is 1.25. The lowest BCUT2D eigenvalue weighted by molar-refractivity contribution is 0.0648. The summed E-state index contributed by atoms with van der Waals surface area (Å²) in [6, 6.07) is 1.38. The molecule has 0 fully saturated rings. The number of aromatic carboxylic acids is 3. The van der Waals surface area contributed by atoms with Gasteiger partial charge in [0, 0.05) is 12.7 Å². The van der Waals surface area contributed by atoms with Crippen LogP contribution in [0.15, 0.2) is 12.1 Å². The smallest absolute Gasteiger partial charge is 0.336 e. The second-order valence-corrected chi connectivity index (χ2v) is 3.02. The van der Waals surface area contributed by atoms with Crippen LogP contribution in [0.25, 0.3) is 0 Å². The molecule has 1 aromatic rings. The Balaban J connectivity index is 0.00000154. The summed E-state index contributed by atoms with van der Waals surface area (Å²) in [5, 5.41) is 33.2. The monoisotopic (exact) mass is 270 g/mol. The van der Waals surface area contributed by atoms with Crippen molar-refractivity contribution in [2.45, 2.75) is 0 Å². The van der Waals surface area contributed by atoms with Gasteiger partial charge in [0.1, 0.15) is 0 Å². The Morgan fingerprint density at radius 2 is 1.21 bits per heavy atom. The standard InChI is InChI=1S/C10H6O7.CH4O/c11-3-4-1-6(9(14)15)7(10(16)17)2-5(4)8(12)13;1-2/h1-3H,(H,12,13)(H,14,15)(H,16,17);2H,1H3. The lowest BCUT2D eigenvalue weighted by atomic mass is 9.99. The molecule has 4 N–H and O–H groups in total. The summed E-state index contributed by atoms with van der Waals surface area (Å²) in [5.41, 5.74) is -2.26. The van der Waals surface area contributed by atoms with Crippen molar-refractivity contribution in [1.29, 1.82) is 0 Å². The number of hydrogen-bond acceptors (Lipinski definition) is 5. The molecule has 0 amide bonds. The predicted molar refractivity (Wildman–Crippen MR) is 60.9 cm³/mol. The molecule has 0 aliphatic carbocycles. The van der Waals surface area contributed by atoms with E-state index < -0.39 is 34.6 Å². The topological polar surface area (TPSA) is 149 Å². The number of rotatable bonds is 4. The summed E-state index contributed by atoms with van der Waals surface area (Å²) in [6.07, 6.45) is 0.154. The van der Waals surface area contributed by atoms with Crippen molar-refractivity contribution in [2.24, 2.45) is 0 Å². The van der Waals surface area contributed by atoms with Gasteiger partial charge in [-0.2, -0.15) is 0 Å². The molecule has 0 atom stereocenters. The van der Waals surface area contributed by atoms with Crippen molar-refractivity contribution in [3.05, 3.63) is 34.4 Å². The number of benzene rings is 1. The summed E-state index contributed by atoms with van der Waals surface area (Å²) in [4.78, 5) is 42.8.